The normalized spacial score (nSPS) is 10.9. The van der Waals surface area contributed by atoms with Gasteiger partial charge in [-0.05, 0) is 36.4 Å². The van der Waals surface area contributed by atoms with Gasteiger partial charge >= 0.3 is 0 Å². The van der Waals surface area contributed by atoms with Crippen LogP contribution in [0.15, 0.2) is 74.7 Å². The Balaban J connectivity index is 1.71. The number of para-hydroxylation sites is 1. The molecule has 0 bridgehead atoms. The molecule has 130 valence electrons. The van der Waals surface area contributed by atoms with E-state index in [0.717, 1.165) is 0 Å². The fourth-order valence-electron chi connectivity index (χ4n) is 2.75. The van der Waals surface area contributed by atoms with Crippen molar-refractivity contribution in [2.45, 2.75) is 13.1 Å². The number of aromatic amines is 1. The third kappa shape index (κ3) is 3.02. The lowest BCUT2D eigenvalue weighted by molar-refractivity contribution is 0.0696. The largest absolute Gasteiger partial charge is 0.467 e. The molecular weight excluding hydrogens is 334 g/mol. The molecule has 7 heteroatoms. The number of hydrogen-bond donors (Lipinski definition) is 1. The van der Waals surface area contributed by atoms with Crippen LogP contribution in [-0.2, 0) is 13.1 Å². The van der Waals surface area contributed by atoms with Crippen LogP contribution in [0.2, 0.25) is 0 Å². The third-order valence-corrected chi connectivity index (χ3v) is 4.02. The Bertz CT molecular complexity index is 1050. The molecule has 0 radical (unpaired) electrons. The molecule has 0 atom stereocenters. The van der Waals surface area contributed by atoms with Crippen molar-refractivity contribution >= 4 is 16.8 Å². The van der Waals surface area contributed by atoms with Gasteiger partial charge in [-0.25, -0.2) is 0 Å². The van der Waals surface area contributed by atoms with E-state index >= 15 is 0 Å². The summed E-state index contributed by atoms with van der Waals surface area (Å²) in [6.07, 6.45) is 3.07. The number of nitrogens with one attached hydrogen (secondary N) is 1. The Hall–Kier alpha value is -3.61. The van der Waals surface area contributed by atoms with E-state index in [2.05, 4.69) is 10.2 Å². The first kappa shape index (κ1) is 15.9. The molecule has 0 aliphatic carbocycles. The Morgan fingerprint density at radius 2 is 1.62 bits per heavy atom. The first-order valence-electron chi connectivity index (χ1n) is 8.04. The van der Waals surface area contributed by atoms with Gasteiger partial charge in [-0.2, -0.15) is 5.10 Å². The highest BCUT2D eigenvalue weighted by atomic mass is 16.3. The van der Waals surface area contributed by atoms with E-state index in [1.165, 1.54) is 17.4 Å². The van der Waals surface area contributed by atoms with Gasteiger partial charge < -0.3 is 13.7 Å². The number of aromatic nitrogens is 2. The van der Waals surface area contributed by atoms with Gasteiger partial charge in [0, 0.05) is 5.39 Å². The number of benzene rings is 1. The minimum absolute atomic E-state index is 0.165. The van der Waals surface area contributed by atoms with Gasteiger partial charge in [0.15, 0.2) is 5.69 Å². The zero-order chi connectivity index (χ0) is 17.9. The quantitative estimate of drug-likeness (QED) is 0.598. The number of hydrogen-bond acceptors (Lipinski definition) is 5. The monoisotopic (exact) mass is 349 g/mol. The average Bonchev–Trinajstić information content (AvgIpc) is 3.35. The SMILES string of the molecule is O=C(c1n[nH]c2ccccc2c1=O)N(Cc1ccco1)Cc1ccco1. The van der Waals surface area contributed by atoms with Gasteiger partial charge in [0.25, 0.3) is 5.91 Å². The predicted octanol–water partition coefficient (Wildman–Crippen LogP) is 2.95. The zero-order valence-corrected chi connectivity index (χ0v) is 13.7. The van der Waals surface area contributed by atoms with Crippen molar-refractivity contribution in [2.75, 3.05) is 0 Å². The van der Waals surface area contributed by atoms with Crippen molar-refractivity contribution in [1.29, 1.82) is 0 Å². The van der Waals surface area contributed by atoms with Crippen molar-refractivity contribution in [1.82, 2.24) is 15.1 Å². The van der Waals surface area contributed by atoms with E-state index in [0.29, 0.717) is 22.4 Å². The van der Waals surface area contributed by atoms with Gasteiger partial charge in [-0.1, -0.05) is 12.1 Å². The molecule has 0 spiro atoms. The lowest BCUT2D eigenvalue weighted by Gasteiger charge is -2.19. The third-order valence-electron chi connectivity index (χ3n) is 4.02. The summed E-state index contributed by atoms with van der Waals surface area (Å²) in [5, 5.41) is 7.18. The van der Waals surface area contributed by atoms with Crippen molar-refractivity contribution in [3.63, 3.8) is 0 Å². The summed E-state index contributed by atoms with van der Waals surface area (Å²) >= 11 is 0. The van der Waals surface area contributed by atoms with Crippen molar-refractivity contribution in [3.8, 4) is 0 Å². The smallest absolute Gasteiger partial charge is 0.279 e. The van der Waals surface area contributed by atoms with Crippen LogP contribution in [0.25, 0.3) is 10.9 Å². The topological polar surface area (TPSA) is 92.3 Å². The average molecular weight is 349 g/mol. The predicted molar refractivity (Wildman–Crippen MR) is 93.4 cm³/mol. The molecule has 3 heterocycles. The first-order valence-corrected chi connectivity index (χ1v) is 8.04. The molecule has 0 aliphatic heterocycles. The molecular formula is C19H15N3O4. The molecule has 1 N–H and O–H groups in total. The lowest BCUT2D eigenvalue weighted by atomic mass is 10.2. The van der Waals surface area contributed by atoms with Crippen LogP contribution in [0.5, 0.6) is 0 Å². The van der Waals surface area contributed by atoms with Crippen LogP contribution in [0.1, 0.15) is 22.0 Å². The summed E-state index contributed by atoms with van der Waals surface area (Å²) < 4.78 is 10.7. The maximum atomic E-state index is 13.0. The maximum Gasteiger partial charge on any atom is 0.279 e. The maximum absolute atomic E-state index is 13.0. The van der Waals surface area contributed by atoms with E-state index in [9.17, 15) is 9.59 Å². The lowest BCUT2D eigenvalue weighted by Crippen LogP contribution is -2.34. The van der Waals surface area contributed by atoms with Crippen LogP contribution < -0.4 is 5.43 Å². The Kier molecular flexibility index (Phi) is 4.10. The van der Waals surface area contributed by atoms with Gasteiger partial charge in [-0.15, -0.1) is 0 Å². The number of amides is 1. The standard InChI is InChI=1S/C19H15N3O4/c23-18-15-7-1-2-8-16(15)20-21-17(18)19(24)22(11-13-5-3-9-25-13)12-14-6-4-10-26-14/h1-10H,11-12H2,(H,20,23). The molecule has 4 rings (SSSR count). The van der Waals surface area contributed by atoms with E-state index < -0.39 is 11.3 Å². The summed E-state index contributed by atoms with van der Waals surface area (Å²) in [6.45, 7) is 0.390. The minimum Gasteiger partial charge on any atom is -0.467 e. The number of fused-ring (bicyclic) bond motifs is 1. The fourth-order valence-corrected chi connectivity index (χ4v) is 2.75. The van der Waals surface area contributed by atoms with Crippen molar-refractivity contribution < 1.29 is 13.6 Å². The summed E-state index contributed by atoms with van der Waals surface area (Å²) in [5.41, 5.74) is 0.00715. The number of furan rings is 2. The second-order valence-electron chi connectivity index (χ2n) is 5.77. The van der Waals surface area contributed by atoms with Crippen LogP contribution >= 0.6 is 0 Å². The number of nitrogens with zero attached hydrogens (tertiary/aromatic N) is 2. The van der Waals surface area contributed by atoms with Crippen LogP contribution in [0.3, 0.4) is 0 Å². The van der Waals surface area contributed by atoms with Crippen LogP contribution in [0.4, 0.5) is 0 Å². The van der Waals surface area contributed by atoms with E-state index in [1.54, 1.807) is 48.5 Å². The van der Waals surface area contributed by atoms with Gasteiger partial charge in [-0.3, -0.25) is 14.7 Å². The second kappa shape index (κ2) is 6.72. The van der Waals surface area contributed by atoms with Gasteiger partial charge in [0.05, 0.1) is 31.1 Å². The molecule has 0 aliphatic rings. The second-order valence-corrected chi connectivity index (χ2v) is 5.77. The van der Waals surface area contributed by atoms with Crippen molar-refractivity contribution in [3.05, 3.63) is 88.5 Å². The zero-order valence-electron chi connectivity index (χ0n) is 13.7. The highest BCUT2D eigenvalue weighted by molar-refractivity contribution is 5.95. The summed E-state index contributed by atoms with van der Waals surface area (Å²) in [6, 6.07) is 14.0. The van der Waals surface area contributed by atoms with E-state index in [4.69, 9.17) is 8.83 Å². The Labute approximate surface area is 147 Å². The molecule has 0 saturated carbocycles. The highest BCUT2D eigenvalue weighted by Gasteiger charge is 2.23. The fraction of sp³-hybridized carbons (Fsp3) is 0.105. The Morgan fingerprint density at radius 1 is 0.962 bits per heavy atom. The van der Waals surface area contributed by atoms with Gasteiger partial charge in [0.1, 0.15) is 11.5 Å². The van der Waals surface area contributed by atoms with Gasteiger partial charge in [0.2, 0.25) is 5.43 Å². The number of H-pyrrole nitrogens is 1. The molecule has 26 heavy (non-hydrogen) atoms. The molecule has 7 nitrogen and oxygen atoms in total. The molecule has 4 aromatic rings. The molecule has 1 amide bonds. The number of rotatable bonds is 5. The van der Waals surface area contributed by atoms with Crippen LogP contribution in [0, 0.1) is 0 Å². The van der Waals surface area contributed by atoms with E-state index in [1.807, 2.05) is 0 Å². The number of carbonyl (C=O) groups is 1. The highest BCUT2D eigenvalue weighted by Crippen LogP contribution is 2.14. The molecule has 0 unspecified atom stereocenters. The summed E-state index contributed by atoms with van der Waals surface area (Å²) in [5.74, 6) is 0.703. The van der Waals surface area contributed by atoms with Crippen molar-refractivity contribution in [2.24, 2.45) is 0 Å². The first-order chi connectivity index (χ1) is 12.7. The molecule has 0 saturated heterocycles. The van der Waals surface area contributed by atoms with E-state index in [-0.39, 0.29) is 18.8 Å². The summed E-state index contributed by atoms with van der Waals surface area (Å²) in [4.78, 5) is 27.2. The number of carbonyl (C=O) groups excluding carboxylic acids is 1. The molecule has 3 aromatic heterocycles. The summed E-state index contributed by atoms with van der Waals surface area (Å²) in [7, 11) is 0. The Morgan fingerprint density at radius 3 is 2.23 bits per heavy atom. The minimum atomic E-state index is -0.496. The molecule has 0 fully saturated rings. The molecule has 1 aromatic carbocycles. The van der Waals surface area contributed by atoms with Crippen LogP contribution in [-0.4, -0.2) is 21.0 Å².